The van der Waals surface area contributed by atoms with Gasteiger partial charge in [0.1, 0.15) is 0 Å². The van der Waals surface area contributed by atoms with E-state index in [0.29, 0.717) is 29.7 Å². The predicted molar refractivity (Wildman–Crippen MR) is 69.4 cm³/mol. The number of benzene rings is 1. The summed E-state index contributed by atoms with van der Waals surface area (Å²) in [5.41, 5.74) is 0.858. The van der Waals surface area contributed by atoms with E-state index in [1.165, 1.54) is 0 Å². The SMILES string of the molecule is O=C(NCc1ccc(Cl)cc1Cl)N1CC=CC1. The van der Waals surface area contributed by atoms with Crippen molar-refractivity contribution in [2.45, 2.75) is 6.54 Å². The fourth-order valence-electron chi connectivity index (χ4n) is 1.59. The number of halogens is 2. The van der Waals surface area contributed by atoms with Crippen molar-refractivity contribution in [1.29, 1.82) is 0 Å². The van der Waals surface area contributed by atoms with Crippen molar-refractivity contribution >= 4 is 29.2 Å². The number of nitrogens with one attached hydrogen (secondary N) is 1. The minimum absolute atomic E-state index is 0.0824. The molecule has 2 amide bonds. The molecule has 17 heavy (non-hydrogen) atoms. The molecule has 0 aromatic heterocycles. The number of amides is 2. The lowest BCUT2D eigenvalue weighted by atomic mass is 10.2. The average molecular weight is 271 g/mol. The van der Waals surface area contributed by atoms with Crippen LogP contribution in [0.15, 0.2) is 30.4 Å². The lowest BCUT2D eigenvalue weighted by molar-refractivity contribution is 0.210. The normalized spacial score (nSPS) is 14.1. The molecule has 1 N–H and O–H groups in total. The van der Waals surface area contributed by atoms with Crippen molar-refractivity contribution in [1.82, 2.24) is 10.2 Å². The van der Waals surface area contributed by atoms with Gasteiger partial charge in [0.2, 0.25) is 0 Å². The van der Waals surface area contributed by atoms with Crippen LogP contribution in [0.1, 0.15) is 5.56 Å². The maximum absolute atomic E-state index is 11.7. The van der Waals surface area contributed by atoms with E-state index in [9.17, 15) is 4.79 Å². The fraction of sp³-hybridized carbons (Fsp3) is 0.250. The molecule has 0 bridgehead atoms. The fourth-order valence-corrected chi connectivity index (χ4v) is 2.07. The summed E-state index contributed by atoms with van der Waals surface area (Å²) in [4.78, 5) is 13.4. The van der Waals surface area contributed by atoms with Crippen LogP contribution in [0.2, 0.25) is 10.0 Å². The minimum atomic E-state index is -0.0824. The van der Waals surface area contributed by atoms with E-state index in [1.807, 2.05) is 18.2 Å². The Bertz CT molecular complexity index is 452. The number of hydrogen-bond donors (Lipinski definition) is 1. The Balaban J connectivity index is 1.91. The monoisotopic (exact) mass is 270 g/mol. The Morgan fingerprint density at radius 2 is 2.00 bits per heavy atom. The van der Waals surface area contributed by atoms with Crippen LogP contribution in [0.4, 0.5) is 4.79 Å². The van der Waals surface area contributed by atoms with Crippen LogP contribution in [0.5, 0.6) is 0 Å². The van der Waals surface area contributed by atoms with Crippen LogP contribution in [-0.4, -0.2) is 24.0 Å². The maximum Gasteiger partial charge on any atom is 0.318 e. The molecule has 0 fully saturated rings. The second-order valence-electron chi connectivity index (χ2n) is 3.77. The minimum Gasteiger partial charge on any atom is -0.334 e. The highest BCUT2D eigenvalue weighted by molar-refractivity contribution is 6.35. The third kappa shape index (κ3) is 3.14. The topological polar surface area (TPSA) is 32.3 Å². The summed E-state index contributed by atoms with van der Waals surface area (Å²) in [7, 11) is 0. The molecule has 3 nitrogen and oxygen atoms in total. The number of hydrogen-bond acceptors (Lipinski definition) is 1. The van der Waals surface area contributed by atoms with Crippen molar-refractivity contribution in [3.63, 3.8) is 0 Å². The van der Waals surface area contributed by atoms with Crippen LogP contribution in [0.3, 0.4) is 0 Å². The lowest BCUT2D eigenvalue weighted by Gasteiger charge is -2.16. The predicted octanol–water partition coefficient (Wildman–Crippen LogP) is 3.07. The van der Waals surface area contributed by atoms with E-state index in [1.54, 1.807) is 17.0 Å². The van der Waals surface area contributed by atoms with E-state index in [-0.39, 0.29) is 6.03 Å². The van der Waals surface area contributed by atoms with Gasteiger partial charge in [-0.05, 0) is 17.7 Å². The highest BCUT2D eigenvalue weighted by Crippen LogP contribution is 2.20. The van der Waals surface area contributed by atoms with Crippen molar-refractivity contribution in [2.75, 3.05) is 13.1 Å². The Hall–Kier alpha value is -1.19. The van der Waals surface area contributed by atoms with Crippen molar-refractivity contribution in [3.8, 4) is 0 Å². The lowest BCUT2D eigenvalue weighted by Crippen LogP contribution is -2.37. The molecular formula is C12H12Cl2N2O. The average Bonchev–Trinajstić information content (AvgIpc) is 2.81. The molecule has 0 spiro atoms. The molecule has 5 heteroatoms. The summed E-state index contributed by atoms with van der Waals surface area (Å²) < 4.78 is 0. The molecule has 2 rings (SSSR count). The Kier molecular flexibility index (Phi) is 3.92. The third-order valence-corrected chi connectivity index (χ3v) is 3.14. The van der Waals surface area contributed by atoms with Crippen molar-refractivity contribution in [2.24, 2.45) is 0 Å². The van der Waals surface area contributed by atoms with Crippen LogP contribution in [-0.2, 0) is 6.54 Å². The van der Waals surface area contributed by atoms with E-state index in [0.717, 1.165) is 5.56 Å². The zero-order chi connectivity index (χ0) is 12.3. The largest absolute Gasteiger partial charge is 0.334 e. The maximum atomic E-state index is 11.7. The van der Waals surface area contributed by atoms with Gasteiger partial charge < -0.3 is 10.2 Å². The van der Waals surface area contributed by atoms with Crippen LogP contribution < -0.4 is 5.32 Å². The molecule has 1 aliphatic heterocycles. The summed E-state index contributed by atoms with van der Waals surface area (Å²) in [6.07, 6.45) is 3.93. The van der Waals surface area contributed by atoms with Gasteiger partial charge >= 0.3 is 6.03 Å². The second-order valence-corrected chi connectivity index (χ2v) is 4.61. The second kappa shape index (κ2) is 5.43. The molecule has 1 aromatic rings. The molecule has 0 saturated heterocycles. The Labute approximate surface area is 110 Å². The van der Waals surface area contributed by atoms with Gasteiger partial charge in [0.25, 0.3) is 0 Å². The smallest absolute Gasteiger partial charge is 0.318 e. The Morgan fingerprint density at radius 1 is 1.29 bits per heavy atom. The number of urea groups is 1. The highest BCUT2D eigenvalue weighted by Gasteiger charge is 2.13. The van der Waals surface area contributed by atoms with Crippen molar-refractivity contribution < 1.29 is 4.79 Å². The summed E-state index contributed by atoms with van der Waals surface area (Å²) in [6.45, 7) is 1.74. The van der Waals surface area contributed by atoms with Gasteiger partial charge in [-0.3, -0.25) is 0 Å². The van der Waals surface area contributed by atoms with Gasteiger partial charge in [-0.1, -0.05) is 41.4 Å². The molecule has 1 aliphatic rings. The molecule has 0 atom stereocenters. The van der Waals surface area contributed by atoms with E-state index >= 15 is 0 Å². The number of nitrogens with zero attached hydrogens (tertiary/aromatic N) is 1. The third-order valence-electron chi connectivity index (χ3n) is 2.55. The highest BCUT2D eigenvalue weighted by atomic mass is 35.5. The zero-order valence-corrected chi connectivity index (χ0v) is 10.6. The number of carbonyl (C=O) groups is 1. The molecule has 0 radical (unpaired) electrons. The van der Waals surface area contributed by atoms with Gasteiger partial charge in [0.05, 0.1) is 0 Å². The number of carbonyl (C=O) groups excluding carboxylic acids is 1. The standard InChI is InChI=1S/C12H12Cl2N2O/c13-10-4-3-9(11(14)7-10)8-15-12(17)16-5-1-2-6-16/h1-4,7H,5-6,8H2,(H,15,17). The molecule has 1 aromatic carbocycles. The molecule has 1 heterocycles. The first-order chi connectivity index (χ1) is 8.16. The number of rotatable bonds is 2. The molecule has 90 valence electrons. The van der Waals surface area contributed by atoms with Gasteiger partial charge in [-0.2, -0.15) is 0 Å². The van der Waals surface area contributed by atoms with Crippen LogP contribution >= 0.6 is 23.2 Å². The van der Waals surface area contributed by atoms with E-state index in [4.69, 9.17) is 23.2 Å². The van der Waals surface area contributed by atoms with Gasteiger partial charge in [-0.25, -0.2) is 4.79 Å². The van der Waals surface area contributed by atoms with E-state index in [2.05, 4.69) is 5.32 Å². The summed E-state index contributed by atoms with van der Waals surface area (Å²) >= 11 is 11.8. The van der Waals surface area contributed by atoms with Crippen molar-refractivity contribution in [3.05, 3.63) is 46.0 Å². The first-order valence-corrected chi connectivity index (χ1v) is 6.04. The van der Waals surface area contributed by atoms with Gasteiger partial charge in [-0.15, -0.1) is 0 Å². The molecule has 0 saturated carbocycles. The summed E-state index contributed by atoms with van der Waals surface area (Å²) in [5.74, 6) is 0. The molecular weight excluding hydrogens is 259 g/mol. The van der Waals surface area contributed by atoms with Crippen LogP contribution in [0.25, 0.3) is 0 Å². The quantitative estimate of drug-likeness (QED) is 0.824. The Morgan fingerprint density at radius 3 is 2.65 bits per heavy atom. The zero-order valence-electron chi connectivity index (χ0n) is 9.12. The van der Waals surface area contributed by atoms with Crippen LogP contribution in [0, 0.1) is 0 Å². The van der Waals surface area contributed by atoms with E-state index < -0.39 is 0 Å². The van der Waals surface area contributed by atoms with Gasteiger partial charge in [0.15, 0.2) is 0 Å². The molecule has 0 aliphatic carbocycles. The summed E-state index contributed by atoms with van der Waals surface area (Å²) in [5, 5.41) is 3.98. The summed E-state index contributed by atoms with van der Waals surface area (Å²) in [6, 6.07) is 5.16. The van der Waals surface area contributed by atoms with Gasteiger partial charge in [0, 0.05) is 29.7 Å². The molecule has 0 unspecified atom stereocenters. The first-order valence-electron chi connectivity index (χ1n) is 5.28. The first kappa shape index (κ1) is 12.3.